The van der Waals surface area contributed by atoms with Gasteiger partial charge < -0.3 is 13.9 Å². The molecule has 4 nitrogen and oxygen atoms in total. The van der Waals surface area contributed by atoms with E-state index in [9.17, 15) is 4.79 Å². The Morgan fingerprint density at radius 2 is 1.91 bits per heavy atom. The lowest BCUT2D eigenvalue weighted by Crippen LogP contribution is -2.03. The maximum absolute atomic E-state index is 11.4. The van der Waals surface area contributed by atoms with E-state index in [4.69, 9.17) is 20.8 Å². The van der Waals surface area contributed by atoms with Crippen LogP contribution in [0, 0.1) is 0 Å². The Morgan fingerprint density at radius 3 is 2.70 bits per heavy atom. The highest BCUT2D eigenvalue weighted by Crippen LogP contribution is 2.36. The van der Waals surface area contributed by atoms with Crippen molar-refractivity contribution in [2.45, 2.75) is 6.42 Å². The van der Waals surface area contributed by atoms with E-state index in [-0.39, 0.29) is 18.5 Å². The predicted octanol–water partition coefficient (Wildman–Crippen LogP) is 4.39. The van der Waals surface area contributed by atoms with E-state index >= 15 is 0 Å². The van der Waals surface area contributed by atoms with Crippen LogP contribution in [-0.2, 0) is 16.0 Å². The first-order chi connectivity index (χ1) is 11.2. The largest absolute Gasteiger partial charge is 0.477 e. The van der Waals surface area contributed by atoms with E-state index in [1.165, 1.54) is 7.11 Å². The van der Waals surface area contributed by atoms with Gasteiger partial charge in [0.25, 0.3) is 0 Å². The molecule has 118 valence electrons. The lowest BCUT2D eigenvalue weighted by atomic mass is 10.0. The number of furan rings is 1. The van der Waals surface area contributed by atoms with E-state index in [1.54, 1.807) is 0 Å². The molecule has 0 aliphatic heterocycles. The third-order valence-electron chi connectivity index (χ3n) is 3.53. The molecule has 0 fully saturated rings. The fourth-order valence-electron chi connectivity index (χ4n) is 2.50. The minimum absolute atomic E-state index is 0.0682. The second-order valence-corrected chi connectivity index (χ2v) is 5.16. The first-order valence-corrected chi connectivity index (χ1v) is 7.63. The van der Waals surface area contributed by atoms with Crippen LogP contribution in [0.2, 0.25) is 0 Å². The quantitative estimate of drug-likeness (QED) is 0.514. The highest BCUT2D eigenvalue weighted by atomic mass is 35.5. The van der Waals surface area contributed by atoms with Crippen molar-refractivity contribution in [2.75, 3.05) is 13.2 Å². The summed E-state index contributed by atoms with van der Waals surface area (Å²) in [7, 11) is 1.36. The molecule has 0 aliphatic rings. The second-order valence-electron chi connectivity index (χ2n) is 4.94. The van der Waals surface area contributed by atoms with Crippen LogP contribution in [0.1, 0.15) is 5.76 Å². The maximum Gasteiger partial charge on any atom is 0.313 e. The minimum Gasteiger partial charge on any atom is -0.477 e. The third kappa shape index (κ3) is 3.17. The van der Waals surface area contributed by atoms with Gasteiger partial charge in [-0.25, -0.2) is 0 Å². The molecule has 0 saturated heterocycles. The molecule has 3 aromatic rings. The van der Waals surface area contributed by atoms with Gasteiger partial charge in [-0.05, 0) is 12.1 Å². The van der Waals surface area contributed by atoms with Crippen LogP contribution in [0.4, 0.5) is 0 Å². The molecule has 0 aliphatic carbocycles. The fraction of sp³-hybridized carbons (Fsp3) is 0.167. The van der Waals surface area contributed by atoms with Crippen molar-refractivity contribution in [3.8, 4) is 16.9 Å². The van der Waals surface area contributed by atoms with Gasteiger partial charge in [0.15, 0.2) is 6.07 Å². The van der Waals surface area contributed by atoms with Gasteiger partial charge in [-0.3, -0.25) is 4.79 Å². The fourth-order valence-corrected chi connectivity index (χ4v) is 2.62. The molecular formula is C18H15ClO4. The predicted molar refractivity (Wildman–Crippen MR) is 88.7 cm³/mol. The number of ether oxygens (including phenoxy) is 2. The molecule has 3 rings (SSSR count). The highest BCUT2D eigenvalue weighted by Gasteiger charge is 2.15. The molecule has 0 saturated carbocycles. The zero-order chi connectivity index (χ0) is 16.2. The number of carbonyl (C=O) groups is 1. The third-order valence-corrected chi connectivity index (χ3v) is 3.64. The summed E-state index contributed by atoms with van der Waals surface area (Å²) >= 11 is 5.69. The Morgan fingerprint density at radius 1 is 1.13 bits per heavy atom. The van der Waals surface area contributed by atoms with Gasteiger partial charge in [0.05, 0.1) is 7.11 Å². The highest BCUT2D eigenvalue weighted by molar-refractivity contribution is 6.17. The number of carbonyl (C=O) groups excluding carboxylic acids is 1. The molecule has 1 aromatic heterocycles. The first kappa shape index (κ1) is 15.4. The molecular weight excluding hydrogens is 316 g/mol. The minimum atomic E-state index is -0.337. The van der Waals surface area contributed by atoms with Gasteiger partial charge in [-0.15, -0.1) is 0 Å². The number of alkyl halides is 1. The normalized spacial score (nSPS) is 10.7. The van der Waals surface area contributed by atoms with Crippen LogP contribution in [0.25, 0.3) is 22.1 Å². The Hall–Kier alpha value is -2.46. The molecule has 0 N–H and O–H groups in total. The molecule has 0 spiro atoms. The van der Waals surface area contributed by atoms with Gasteiger partial charge in [-0.2, -0.15) is 0 Å². The summed E-state index contributed by atoms with van der Waals surface area (Å²) < 4.78 is 16.0. The Kier molecular flexibility index (Phi) is 4.53. The van der Waals surface area contributed by atoms with Crippen molar-refractivity contribution in [1.82, 2.24) is 0 Å². The van der Waals surface area contributed by atoms with Crippen molar-refractivity contribution in [1.29, 1.82) is 0 Å². The Labute approximate surface area is 138 Å². The zero-order valence-corrected chi connectivity index (χ0v) is 13.3. The van der Waals surface area contributed by atoms with E-state index in [0.717, 1.165) is 16.5 Å². The Balaban J connectivity index is 2.09. The van der Waals surface area contributed by atoms with Crippen LogP contribution >= 0.6 is 11.6 Å². The van der Waals surface area contributed by atoms with E-state index in [2.05, 4.69) is 4.74 Å². The number of halogens is 1. The number of hydrogen-bond donors (Lipinski definition) is 0. The lowest BCUT2D eigenvalue weighted by molar-refractivity contribution is -0.140. The molecule has 0 bridgehead atoms. The summed E-state index contributed by atoms with van der Waals surface area (Å²) in [6, 6.07) is 15.3. The van der Waals surface area contributed by atoms with Crippen molar-refractivity contribution >= 4 is 28.5 Å². The van der Waals surface area contributed by atoms with E-state index in [0.29, 0.717) is 17.1 Å². The van der Waals surface area contributed by atoms with E-state index in [1.807, 2.05) is 48.5 Å². The number of hydrogen-bond acceptors (Lipinski definition) is 4. The number of rotatable bonds is 5. The maximum atomic E-state index is 11.4. The number of benzene rings is 2. The van der Waals surface area contributed by atoms with Crippen LogP contribution in [0.3, 0.4) is 0 Å². The number of para-hydroxylation sites is 2. The number of fused-ring (bicyclic) bond motifs is 1. The smallest absolute Gasteiger partial charge is 0.313 e. The standard InChI is InChI=1S/C18H15ClO4/c1-21-17(20)10-13-9-12-5-4-7-15(18(12)23-13)14-6-2-3-8-16(14)22-11-19/h2-9H,10-11H2,1H3. The summed E-state index contributed by atoms with van der Waals surface area (Å²) in [6.07, 6.45) is 0.102. The molecule has 5 heteroatoms. The molecule has 0 radical (unpaired) electrons. The summed E-state index contributed by atoms with van der Waals surface area (Å²) in [4.78, 5) is 11.4. The summed E-state index contributed by atoms with van der Waals surface area (Å²) in [6.45, 7) is 0. The number of methoxy groups -OCH3 is 1. The molecule has 0 amide bonds. The zero-order valence-electron chi connectivity index (χ0n) is 12.5. The van der Waals surface area contributed by atoms with Gasteiger partial charge in [0.1, 0.15) is 23.5 Å². The van der Waals surface area contributed by atoms with Crippen LogP contribution in [-0.4, -0.2) is 19.1 Å². The van der Waals surface area contributed by atoms with Crippen molar-refractivity contribution in [3.05, 3.63) is 54.3 Å². The second kappa shape index (κ2) is 6.75. The van der Waals surface area contributed by atoms with Crippen molar-refractivity contribution in [3.63, 3.8) is 0 Å². The molecule has 23 heavy (non-hydrogen) atoms. The lowest BCUT2D eigenvalue weighted by Gasteiger charge is -2.09. The molecule has 2 aromatic carbocycles. The van der Waals surface area contributed by atoms with Gasteiger partial charge >= 0.3 is 5.97 Å². The average Bonchev–Trinajstić information content (AvgIpc) is 2.98. The number of esters is 1. The topological polar surface area (TPSA) is 48.7 Å². The molecule has 0 atom stereocenters. The monoisotopic (exact) mass is 330 g/mol. The van der Waals surface area contributed by atoms with Crippen molar-refractivity contribution in [2.24, 2.45) is 0 Å². The van der Waals surface area contributed by atoms with Crippen LogP contribution in [0.15, 0.2) is 52.9 Å². The first-order valence-electron chi connectivity index (χ1n) is 7.09. The van der Waals surface area contributed by atoms with Gasteiger partial charge in [-0.1, -0.05) is 48.0 Å². The van der Waals surface area contributed by atoms with Gasteiger partial charge in [0, 0.05) is 16.5 Å². The Bertz CT molecular complexity index is 838. The summed E-state index contributed by atoms with van der Waals surface area (Å²) in [5.74, 6) is 0.910. The van der Waals surface area contributed by atoms with Crippen molar-refractivity contribution < 1.29 is 18.7 Å². The SMILES string of the molecule is COC(=O)Cc1cc2cccc(-c3ccccc3OCCl)c2o1. The average molecular weight is 331 g/mol. The van der Waals surface area contributed by atoms with E-state index < -0.39 is 0 Å². The summed E-state index contributed by atoms with van der Waals surface area (Å²) in [5, 5.41) is 0.919. The molecule has 0 unspecified atom stereocenters. The van der Waals surface area contributed by atoms with Crippen LogP contribution in [0.5, 0.6) is 5.75 Å². The molecule has 1 heterocycles. The van der Waals surface area contributed by atoms with Crippen LogP contribution < -0.4 is 4.74 Å². The summed E-state index contributed by atoms with van der Waals surface area (Å²) in [5.41, 5.74) is 2.48. The van der Waals surface area contributed by atoms with Gasteiger partial charge in [0.2, 0.25) is 0 Å².